The zero-order chi connectivity index (χ0) is 41.3. The molecule has 0 saturated heterocycles. The molecule has 1 nitrogen and oxygen atoms in total. The number of nitrogens with zero attached hydrogens (tertiary/aromatic N) is 1. The van der Waals surface area contributed by atoms with Crippen LogP contribution in [0.5, 0.6) is 0 Å². The molecule has 2 spiro atoms. The highest BCUT2D eigenvalue weighted by molar-refractivity contribution is 7.24. The first-order chi connectivity index (χ1) is 31.3. The summed E-state index contributed by atoms with van der Waals surface area (Å²) in [6.45, 7) is 0. The fourth-order valence-electron chi connectivity index (χ4n) is 12.3. The first-order valence-electron chi connectivity index (χ1n) is 22.1. The molecule has 1 aliphatic carbocycles. The van der Waals surface area contributed by atoms with E-state index in [-0.39, 0.29) is 0 Å². The number of fused-ring (bicyclic) bond motifs is 19. The number of hydrogen-bond donors (Lipinski definition) is 0. The van der Waals surface area contributed by atoms with Crippen molar-refractivity contribution in [3.63, 3.8) is 0 Å². The predicted molar refractivity (Wildman–Crippen MR) is 264 cm³/mol. The molecule has 63 heavy (non-hydrogen) atoms. The largest absolute Gasteiger partial charge is 0.310 e. The van der Waals surface area contributed by atoms with Crippen LogP contribution in [0.15, 0.2) is 237 Å². The van der Waals surface area contributed by atoms with Crippen molar-refractivity contribution in [1.29, 1.82) is 0 Å². The van der Waals surface area contributed by atoms with Crippen LogP contribution in [0.1, 0.15) is 22.3 Å². The van der Waals surface area contributed by atoms with Gasteiger partial charge in [-0.1, -0.05) is 206 Å². The number of anilines is 3. The van der Waals surface area contributed by atoms with Gasteiger partial charge in [0.05, 0.1) is 16.8 Å². The van der Waals surface area contributed by atoms with Crippen LogP contribution in [0.3, 0.4) is 0 Å². The molecule has 10 aromatic carbocycles. The fourth-order valence-corrected chi connectivity index (χ4v) is 17.9. The second-order valence-corrected chi connectivity index (χ2v) is 21.1. The van der Waals surface area contributed by atoms with E-state index in [1.807, 2.05) is 0 Å². The molecule has 0 N–H and O–H groups in total. The summed E-state index contributed by atoms with van der Waals surface area (Å²) in [6.07, 6.45) is 0. The normalized spacial score (nSPS) is 14.6. The number of para-hydroxylation sites is 1. The molecule has 0 bridgehead atoms. The van der Waals surface area contributed by atoms with Crippen molar-refractivity contribution in [2.75, 3.05) is 4.90 Å². The highest BCUT2D eigenvalue weighted by Crippen LogP contribution is 2.63. The van der Waals surface area contributed by atoms with Crippen LogP contribution in [0.4, 0.5) is 17.1 Å². The molecule has 0 radical (unpaired) electrons. The molecule has 4 aliphatic rings. The molecule has 0 unspecified atom stereocenters. The molecule has 0 atom stereocenters. The lowest BCUT2D eigenvalue weighted by molar-refractivity contribution is 0.753. The minimum atomic E-state index is -2.54. The van der Waals surface area contributed by atoms with E-state index in [9.17, 15) is 0 Å². The Kier molecular flexibility index (Phi) is 7.13. The minimum Gasteiger partial charge on any atom is -0.310 e. The van der Waals surface area contributed by atoms with E-state index in [1.54, 1.807) is 0 Å². The van der Waals surface area contributed by atoms with Crippen molar-refractivity contribution in [2.24, 2.45) is 0 Å². The third kappa shape index (κ3) is 4.45. The smallest absolute Gasteiger partial charge is 0.182 e. The van der Waals surface area contributed by atoms with Gasteiger partial charge in [-0.2, -0.15) is 0 Å². The zero-order valence-corrected chi connectivity index (χ0v) is 35.5. The Morgan fingerprint density at radius 2 is 0.698 bits per heavy atom. The Morgan fingerprint density at radius 3 is 1.32 bits per heavy atom. The zero-order valence-electron chi connectivity index (χ0n) is 34.5. The van der Waals surface area contributed by atoms with Gasteiger partial charge in [-0.3, -0.25) is 0 Å². The Morgan fingerprint density at radius 1 is 0.270 bits per heavy atom. The molecule has 0 fully saturated rings. The van der Waals surface area contributed by atoms with Gasteiger partial charge >= 0.3 is 0 Å². The SMILES string of the molecule is c1ccc(-c2ccc3c(c2)C2(c4ccccc4-c4ccccc42)c2ccccc2N3c2ccc(-c3ccc4c(c3)[Si]3(c5ccccc5-c5ccccc53)c3ccccc3-4)cc2)cc1. The molecule has 14 rings (SSSR count). The number of rotatable bonds is 3. The summed E-state index contributed by atoms with van der Waals surface area (Å²) >= 11 is 0. The number of benzene rings is 10. The monoisotopic (exact) mass is 813 g/mol. The van der Waals surface area contributed by atoms with Crippen molar-refractivity contribution in [2.45, 2.75) is 5.41 Å². The van der Waals surface area contributed by atoms with Crippen molar-refractivity contribution in [1.82, 2.24) is 0 Å². The van der Waals surface area contributed by atoms with Gasteiger partial charge in [0.25, 0.3) is 0 Å². The second-order valence-electron chi connectivity index (χ2n) is 17.5. The summed E-state index contributed by atoms with van der Waals surface area (Å²) < 4.78 is 0. The first kappa shape index (κ1) is 34.9. The van der Waals surface area contributed by atoms with Gasteiger partial charge in [-0.05, 0) is 129 Å². The molecular formula is C61H39NSi. The third-order valence-electron chi connectivity index (χ3n) is 14.7. The van der Waals surface area contributed by atoms with Crippen LogP contribution < -0.4 is 25.6 Å². The van der Waals surface area contributed by atoms with E-state index >= 15 is 0 Å². The molecule has 0 amide bonds. The summed E-state index contributed by atoms with van der Waals surface area (Å²) in [4.78, 5) is 2.51. The molecule has 292 valence electrons. The Bertz CT molecular complexity index is 3420. The lowest BCUT2D eigenvalue weighted by Crippen LogP contribution is -2.70. The second kappa shape index (κ2) is 12.9. The first-order valence-corrected chi connectivity index (χ1v) is 24.1. The predicted octanol–water partition coefficient (Wildman–Crippen LogP) is 12.5. The number of hydrogen-bond acceptors (Lipinski definition) is 1. The van der Waals surface area contributed by atoms with Crippen molar-refractivity contribution >= 4 is 45.9 Å². The van der Waals surface area contributed by atoms with Gasteiger partial charge in [0.1, 0.15) is 0 Å². The van der Waals surface area contributed by atoms with Crippen LogP contribution >= 0.6 is 0 Å². The van der Waals surface area contributed by atoms with E-state index in [2.05, 4.69) is 241 Å². The van der Waals surface area contributed by atoms with Crippen LogP contribution in [-0.2, 0) is 5.41 Å². The standard InChI is InChI=1S/C61H39NSi/c1-2-16-40(17-3-1)42-33-37-56-54(38-42)61(51-23-9-4-18-45(51)46-19-5-10-24-52(46)61)53-25-11-12-26-55(53)62(56)44-34-30-41(31-35-44)43-32-36-50-49-22-8-15-29-59(49)63(60(50)39-43)57-27-13-6-20-47(57)48-21-7-14-28-58(48)63/h1-39H. The molecule has 2 heteroatoms. The van der Waals surface area contributed by atoms with Gasteiger partial charge in [-0.15, -0.1) is 0 Å². The van der Waals surface area contributed by atoms with Gasteiger partial charge in [0, 0.05) is 5.69 Å². The average Bonchev–Trinajstić information content (AvgIpc) is 3.95. The van der Waals surface area contributed by atoms with Gasteiger partial charge in [0.2, 0.25) is 0 Å². The molecule has 10 aromatic rings. The molecule has 0 aromatic heterocycles. The van der Waals surface area contributed by atoms with Crippen molar-refractivity contribution in [3.8, 4) is 55.6 Å². The maximum absolute atomic E-state index is 2.55. The Labute approximate surface area is 368 Å². The van der Waals surface area contributed by atoms with Crippen LogP contribution in [0, 0.1) is 0 Å². The lowest BCUT2D eigenvalue weighted by atomic mass is 9.64. The van der Waals surface area contributed by atoms with Gasteiger partial charge < -0.3 is 4.90 Å². The van der Waals surface area contributed by atoms with E-state index in [1.165, 1.54) is 110 Å². The quantitative estimate of drug-likeness (QED) is 0.161. The van der Waals surface area contributed by atoms with Gasteiger partial charge in [-0.25, -0.2) is 0 Å². The van der Waals surface area contributed by atoms with Crippen LogP contribution in [0.2, 0.25) is 0 Å². The van der Waals surface area contributed by atoms with E-state index in [0.29, 0.717) is 0 Å². The Balaban J connectivity index is 0.949. The summed E-state index contributed by atoms with van der Waals surface area (Å²) in [5.74, 6) is 0. The molecule has 3 heterocycles. The summed E-state index contributed by atoms with van der Waals surface area (Å²) in [5.41, 5.74) is 21.4. The highest BCUT2D eigenvalue weighted by Gasteiger charge is 2.54. The summed E-state index contributed by atoms with van der Waals surface area (Å²) in [7, 11) is -2.54. The molecular weight excluding hydrogens is 775 g/mol. The van der Waals surface area contributed by atoms with Crippen molar-refractivity contribution in [3.05, 3.63) is 259 Å². The molecule has 0 saturated carbocycles. The maximum Gasteiger partial charge on any atom is 0.182 e. The topological polar surface area (TPSA) is 3.24 Å². The molecule has 3 aliphatic heterocycles. The Hall–Kier alpha value is -7.78. The minimum absolute atomic E-state index is 0.486. The van der Waals surface area contributed by atoms with E-state index in [4.69, 9.17) is 0 Å². The average molecular weight is 814 g/mol. The lowest BCUT2D eigenvalue weighted by Gasteiger charge is -2.45. The summed E-state index contributed by atoms with van der Waals surface area (Å²) in [6, 6.07) is 89.5. The van der Waals surface area contributed by atoms with Crippen LogP contribution in [0.25, 0.3) is 55.6 Å². The van der Waals surface area contributed by atoms with Crippen molar-refractivity contribution < 1.29 is 0 Å². The van der Waals surface area contributed by atoms with E-state index in [0.717, 1.165) is 5.69 Å². The van der Waals surface area contributed by atoms with Gasteiger partial charge in [0.15, 0.2) is 8.07 Å². The van der Waals surface area contributed by atoms with Crippen LogP contribution in [-0.4, -0.2) is 8.07 Å². The summed E-state index contributed by atoms with van der Waals surface area (Å²) in [5, 5.41) is 6.02. The highest BCUT2D eigenvalue weighted by atomic mass is 28.3. The fraction of sp³-hybridized carbons (Fsp3) is 0.0164. The maximum atomic E-state index is 2.55. The van der Waals surface area contributed by atoms with E-state index < -0.39 is 13.5 Å². The third-order valence-corrected chi connectivity index (χ3v) is 19.7.